The van der Waals surface area contributed by atoms with Crippen molar-refractivity contribution in [3.05, 3.63) is 66.2 Å². The maximum atomic E-state index is 13.4. The minimum Gasteiger partial charge on any atom is -0.484 e. The van der Waals surface area contributed by atoms with E-state index < -0.39 is 0 Å². The second-order valence-electron chi connectivity index (χ2n) is 4.91. The number of tetrazole rings is 1. The number of nitrogens with zero attached hydrogens (tertiary/aromatic N) is 4. The summed E-state index contributed by atoms with van der Waals surface area (Å²) in [5, 5.41) is 13.5. The Morgan fingerprint density at radius 1 is 1.17 bits per heavy atom. The Balaban J connectivity index is 1.48. The van der Waals surface area contributed by atoms with Gasteiger partial charge in [-0.2, -0.15) is 0 Å². The lowest BCUT2D eigenvalue weighted by Gasteiger charge is -2.08. The molecule has 0 saturated carbocycles. The minimum atomic E-state index is -0.350. The van der Waals surface area contributed by atoms with Crippen LogP contribution in [0.1, 0.15) is 5.56 Å². The standard InChI is InChI=1S/C16H14FN5O2/c17-15-4-2-1-3-12(15)9-18-16(23)10-24-14-7-5-13(6-8-14)22-11-19-20-21-22/h1-8,11H,9-10H2,(H,18,23). The zero-order valence-electron chi connectivity index (χ0n) is 12.6. The number of nitrogens with one attached hydrogen (secondary N) is 1. The number of hydrogen-bond acceptors (Lipinski definition) is 5. The summed E-state index contributed by atoms with van der Waals surface area (Å²) < 4.78 is 20.3. The molecule has 8 heteroatoms. The average Bonchev–Trinajstić information content (AvgIpc) is 3.14. The van der Waals surface area contributed by atoms with Crippen molar-refractivity contribution in [3.8, 4) is 11.4 Å². The monoisotopic (exact) mass is 327 g/mol. The lowest BCUT2D eigenvalue weighted by molar-refractivity contribution is -0.123. The highest BCUT2D eigenvalue weighted by Crippen LogP contribution is 2.14. The molecule has 122 valence electrons. The molecule has 0 bridgehead atoms. The van der Waals surface area contributed by atoms with Crippen molar-refractivity contribution in [2.24, 2.45) is 0 Å². The molecule has 0 aliphatic rings. The van der Waals surface area contributed by atoms with Crippen LogP contribution in [0.3, 0.4) is 0 Å². The summed E-state index contributed by atoms with van der Waals surface area (Å²) in [6, 6.07) is 13.2. The van der Waals surface area contributed by atoms with Crippen molar-refractivity contribution in [2.75, 3.05) is 6.61 Å². The van der Waals surface area contributed by atoms with Crippen molar-refractivity contribution in [1.29, 1.82) is 0 Å². The second-order valence-corrected chi connectivity index (χ2v) is 4.91. The predicted molar refractivity (Wildman–Crippen MR) is 82.9 cm³/mol. The van der Waals surface area contributed by atoms with E-state index in [4.69, 9.17) is 4.74 Å². The third-order valence-corrected chi connectivity index (χ3v) is 3.25. The highest BCUT2D eigenvalue weighted by Gasteiger charge is 2.06. The largest absolute Gasteiger partial charge is 0.484 e. The van der Waals surface area contributed by atoms with Crippen LogP contribution in [0, 0.1) is 5.82 Å². The number of aromatic nitrogens is 4. The molecule has 24 heavy (non-hydrogen) atoms. The van der Waals surface area contributed by atoms with Gasteiger partial charge in [0.2, 0.25) is 0 Å². The number of carbonyl (C=O) groups excluding carboxylic acids is 1. The quantitative estimate of drug-likeness (QED) is 0.742. The van der Waals surface area contributed by atoms with E-state index in [9.17, 15) is 9.18 Å². The van der Waals surface area contributed by atoms with E-state index in [1.54, 1.807) is 42.5 Å². The van der Waals surface area contributed by atoms with E-state index in [-0.39, 0.29) is 24.9 Å². The lowest BCUT2D eigenvalue weighted by Crippen LogP contribution is -2.28. The minimum absolute atomic E-state index is 0.118. The average molecular weight is 327 g/mol. The number of amides is 1. The van der Waals surface area contributed by atoms with Gasteiger partial charge in [-0.3, -0.25) is 4.79 Å². The van der Waals surface area contributed by atoms with Gasteiger partial charge in [0.15, 0.2) is 6.61 Å². The van der Waals surface area contributed by atoms with Crippen LogP contribution >= 0.6 is 0 Å². The first kappa shape index (κ1) is 15.6. The molecule has 1 N–H and O–H groups in total. The van der Waals surface area contributed by atoms with Gasteiger partial charge in [-0.15, -0.1) is 5.10 Å². The van der Waals surface area contributed by atoms with Crippen LogP contribution in [-0.4, -0.2) is 32.7 Å². The molecule has 3 aromatic rings. The Bertz CT molecular complexity index is 806. The van der Waals surface area contributed by atoms with E-state index in [0.29, 0.717) is 11.3 Å². The molecule has 0 spiro atoms. The molecule has 0 aliphatic heterocycles. The maximum Gasteiger partial charge on any atom is 0.258 e. The van der Waals surface area contributed by atoms with Crippen LogP contribution < -0.4 is 10.1 Å². The van der Waals surface area contributed by atoms with Crippen molar-refractivity contribution in [1.82, 2.24) is 25.5 Å². The molecular formula is C16H14FN5O2. The molecule has 3 rings (SSSR count). The van der Waals surface area contributed by atoms with Crippen LogP contribution in [0.2, 0.25) is 0 Å². The molecule has 2 aromatic carbocycles. The summed E-state index contributed by atoms with van der Waals surface area (Å²) in [5.41, 5.74) is 1.20. The molecule has 1 amide bonds. The van der Waals surface area contributed by atoms with Gasteiger partial charge >= 0.3 is 0 Å². The van der Waals surface area contributed by atoms with E-state index in [2.05, 4.69) is 20.8 Å². The fourth-order valence-corrected chi connectivity index (χ4v) is 2.01. The fraction of sp³-hybridized carbons (Fsp3) is 0.125. The molecule has 0 aliphatic carbocycles. The van der Waals surface area contributed by atoms with Gasteiger partial charge in [0.1, 0.15) is 17.9 Å². The van der Waals surface area contributed by atoms with Gasteiger partial charge in [0.05, 0.1) is 5.69 Å². The third-order valence-electron chi connectivity index (χ3n) is 3.25. The van der Waals surface area contributed by atoms with Gasteiger partial charge in [-0.05, 0) is 40.8 Å². The van der Waals surface area contributed by atoms with Crippen LogP contribution in [-0.2, 0) is 11.3 Å². The SMILES string of the molecule is O=C(COc1ccc(-n2cnnn2)cc1)NCc1ccccc1F. The Kier molecular flexibility index (Phi) is 4.76. The highest BCUT2D eigenvalue weighted by atomic mass is 19.1. The van der Waals surface area contributed by atoms with Crippen molar-refractivity contribution in [2.45, 2.75) is 6.54 Å². The highest BCUT2D eigenvalue weighted by molar-refractivity contribution is 5.77. The summed E-state index contributed by atoms with van der Waals surface area (Å²) in [7, 11) is 0. The number of ether oxygens (including phenoxy) is 1. The lowest BCUT2D eigenvalue weighted by atomic mass is 10.2. The molecule has 0 fully saturated rings. The van der Waals surface area contributed by atoms with E-state index >= 15 is 0 Å². The third kappa shape index (κ3) is 3.92. The van der Waals surface area contributed by atoms with Gasteiger partial charge in [0, 0.05) is 12.1 Å². The zero-order chi connectivity index (χ0) is 16.8. The predicted octanol–water partition coefficient (Wildman–Crippen LogP) is 1.50. The summed E-state index contributed by atoms with van der Waals surface area (Å²) in [6.45, 7) is -0.0359. The van der Waals surface area contributed by atoms with Gasteiger partial charge < -0.3 is 10.1 Å². The van der Waals surface area contributed by atoms with Gasteiger partial charge in [-0.25, -0.2) is 9.07 Å². The molecule has 1 aromatic heterocycles. The normalized spacial score (nSPS) is 10.4. The molecule has 1 heterocycles. The summed E-state index contributed by atoms with van der Waals surface area (Å²) >= 11 is 0. The molecule has 0 radical (unpaired) electrons. The second kappa shape index (κ2) is 7.32. The summed E-state index contributed by atoms with van der Waals surface area (Å²) in [5.74, 6) is -0.146. The van der Waals surface area contributed by atoms with E-state index in [1.807, 2.05) is 0 Å². The van der Waals surface area contributed by atoms with Gasteiger partial charge in [0.25, 0.3) is 5.91 Å². The Hall–Kier alpha value is -3.29. The topological polar surface area (TPSA) is 81.9 Å². The summed E-state index contributed by atoms with van der Waals surface area (Å²) in [4.78, 5) is 11.8. The van der Waals surface area contributed by atoms with Crippen molar-refractivity contribution >= 4 is 5.91 Å². The number of halogens is 1. The van der Waals surface area contributed by atoms with Crippen LogP contribution in [0.15, 0.2) is 54.9 Å². The zero-order valence-corrected chi connectivity index (χ0v) is 12.6. The van der Waals surface area contributed by atoms with Crippen LogP contribution in [0.4, 0.5) is 4.39 Å². The molecule has 0 unspecified atom stereocenters. The van der Waals surface area contributed by atoms with Crippen LogP contribution in [0.25, 0.3) is 5.69 Å². The molecule has 7 nitrogen and oxygen atoms in total. The molecular weight excluding hydrogens is 313 g/mol. The Labute approximate surface area is 137 Å². The van der Waals surface area contributed by atoms with E-state index in [0.717, 1.165) is 5.69 Å². The van der Waals surface area contributed by atoms with Crippen LogP contribution in [0.5, 0.6) is 5.75 Å². The Morgan fingerprint density at radius 3 is 2.67 bits per heavy atom. The number of rotatable bonds is 6. The van der Waals surface area contributed by atoms with E-state index in [1.165, 1.54) is 17.1 Å². The number of carbonyl (C=O) groups is 1. The summed E-state index contributed by atoms with van der Waals surface area (Å²) in [6.07, 6.45) is 1.48. The van der Waals surface area contributed by atoms with Crippen molar-refractivity contribution in [3.63, 3.8) is 0 Å². The first-order valence-corrected chi connectivity index (χ1v) is 7.19. The van der Waals surface area contributed by atoms with Gasteiger partial charge in [-0.1, -0.05) is 18.2 Å². The first-order chi connectivity index (χ1) is 11.7. The van der Waals surface area contributed by atoms with Crippen molar-refractivity contribution < 1.29 is 13.9 Å². The smallest absolute Gasteiger partial charge is 0.258 e. The Morgan fingerprint density at radius 2 is 1.96 bits per heavy atom. The molecule has 0 saturated heterocycles. The first-order valence-electron chi connectivity index (χ1n) is 7.19. The molecule has 0 atom stereocenters. The number of hydrogen-bond donors (Lipinski definition) is 1. The fourth-order valence-electron chi connectivity index (χ4n) is 2.01. The number of benzene rings is 2. The maximum absolute atomic E-state index is 13.4.